The number of nitrogens with two attached hydrogens (primary N) is 1. The standard InChI is InChI=1S/C37H41N5O5/c1-23-20-29(22-33(34(23)38)42(44)45)26-16-18-40(19-17-26)24(2)37(43)41-36(27-10-14-31(47-4)15-11-27)32-7-5-6-28(35(32)39-41)21-25-8-12-30(46-3)13-9-25/h8-16,20-22,24,32,36H,5-7,17-19,38H2,1-4H3/b28-21+. The summed E-state index contributed by atoms with van der Waals surface area (Å²) in [4.78, 5) is 27.7. The number of nitrogens with zero attached hydrogens (tertiary/aromatic N) is 4. The zero-order valence-corrected chi connectivity index (χ0v) is 27.3. The second-order valence-corrected chi connectivity index (χ2v) is 12.5. The first-order valence-corrected chi connectivity index (χ1v) is 16.1. The second-order valence-electron chi connectivity index (χ2n) is 12.5. The number of hydrazone groups is 1. The molecule has 1 aliphatic carbocycles. The van der Waals surface area contributed by atoms with Crippen molar-refractivity contribution in [3.05, 3.63) is 105 Å². The van der Waals surface area contributed by atoms with Gasteiger partial charge in [-0.3, -0.25) is 19.8 Å². The maximum atomic E-state index is 14.4. The maximum Gasteiger partial charge on any atom is 0.292 e. The molecule has 1 fully saturated rings. The van der Waals surface area contributed by atoms with Crippen molar-refractivity contribution in [1.82, 2.24) is 9.91 Å². The lowest BCUT2D eigenvalue weighted by molar-refractivity contribution is -0.383. The quantitative estimate of drug-likeness (QED) is 0.164. The van der Waals surface area contributed by atoms with Gasteiger partial charge in [-0.1, -0.05) is 30.3 Å². The van der Waals surface area contributed by atoms with E-state index in [1.54, 1.807) is 32.2 Å². The molecule has 0 saturated heterocycles. The number of nitrogen functional groups attached to an aromatic ring is 1. The molecule has 6 rings (SSSR count). The van der Waals surface area contributed by atoms with Crippen molar-refractivity contribution in [2.45, 2.75) is 51.6 Å². The molecule has 47 heavy (non-hydrogen) atoms. The fraction of sp³-hybridized carbons (Fsp3) is 0.351. The molecule has 0 radical (unpaired) electrons. The van der Waals surface area contributed by atoms with Gasteiger partial charge in [0, 0.05) is 25.1 Å². The molecule has 3 atom stereocenters. The highest BCUT2D eigenvalue weighted by atomic mass is 16.6. The normalized spacial score (nSPS) is 21.1. The third-order valence-electron chi connectivity index (χ3n) is 9.72. The van der Waals surface area contributed by atoms with Crippen LogP contribution in [0.5, 0.6) is 11.5 Å². The van der Waals surface area contributed by atoms with E-state index in [2.05, 4.69) is 17.1 Å². The van der Waals surface area contributed by atoms with E-state index >= 15 is 0 Å². The lowest BCUT2D eigenvalue weighted by atomic mass is 9.77. The Kier molecular flexibility index (Phi) is 9.13. The fourth-order valence-corrected chi connectivity index (χ4v) is 6.98. The predicted octanol–water partition coefficient (Wildman–Crippen LogP) is 6.80. The summed E-state index contributed by atoms with van der Waals surface area (Å²) in [5, 5.41) is 18.4. The molecule has 0 aromatic heterocycles. The van der Waals surface area contributed by atoms with Gasteiger partial charge in [-0.05, 0) is 109 Å². The molecule has 10 nitrogen and oxygen atoms in total. The Bertz CT molecular complexity index is 1760. The lowest BCUT2D eigenvalue weighted by Crippen LogP contribution is -2.47. The number of ether oxygens (including phenoxy) is 2. The molecule has 3 unspecified atom stereocenters. The lowest BCUT2D eigenvalue weighted by Gasteiger charge is -2.35. The Morgan fingerprint density at radius 3 is 2.36 bits per heavy atom. The molecule has 244 valence electrons. The largest absolute Gasteiger partial charge is 0.497 e. The molecular formula is C37H41N5O5. The van der Waals surface area contributed by atoms with E-state index in [4.69, 9.17) is 20.3 Å². The van der Waals surface area contributed by atoms with Crippen LogP contribution in [-0.4, -0.2) is 59.8 Å². The molecule has 0 bridgehead atoms. The first kappa shape index (κ1) is 32.0. The van der Waals surface area contributed by atoms with Crippen molar-refractivity contribution in [3.8, 4) is 11.5 Å². The predicted molar refractivity (Wildman–Crippen MR) is 184 cm³/mol. The fourth-order valence-electron chi connectivity index (χ4n) is 6.98. The Morgan fingerprint density at radius 1 is 1.06 bits per heavy atom. The van der Waals surface area contributed by atoms with Crippen molar-refractivity contribution >= 4 is 34.6 Å². The number of allylic oxidation sites excluding steroid dienone is 1. The number of aryl methyl sites for hydroxylation is 1. The van der Waals surface area contributed by atoms with Gasteiger partial charge in [-0.25, -0.2) is 5.01 Å². The third kappa shape index (κ3) is 6.38. The number of nitro groups is 1. The van der Waals surface area contributed by atoms with E-state index < -0.39 is 11.0 Å². The summed E-state index contributed by atoms with van der Waals surface area (Å²) in [5.41, 5.74) is 12.8. The summed E-state index contributed by atoms with van der Waals surface area (Å²) in [6.45, 7) is 4.91. The van der Waals surface area contributed by atoms with Crippen LogP contribution in [0.3, 0.4) is 0 Å². The number of carbonyl (C=O) groups excluding carboxylic acids is 1. The van der Waals surface area contributed by atoms with Crippen molar-refractivity contribution < 1.29 is 19.2 Å². The average Bonchev–Trinajstić information content (AvgIpc) is 3.49. The van der Waals surface area contributed by atoms with Gasteiger partial charge in [0.25, 0.3) is 11.6 Å². The van der Waals surface area contributed by atoms with Gasteiger partial charge in [0.1, 0.15) is 17.2 Å². The van der Waals surface area contributed by atoms with Gasteiger partial charge < -0.3 is 15.2 Å². The van der Waals surface area contributed by atoms with Crippen molar-refractivity contribution in [1.29, 1.82) is 0 Å². The number of hydrogen-bond donors (Lipinski definition) is 1. The van der Waals surface area contributed by atoms with Gasteiger partial charge in [-0.15, -0.1) is 0 Å². The van der Waals surface area contributed by atoms with Crippen LogP contribution < -0.4 is 15.2 Å². The van der Waals surface area contributed by atoms with Crippen molar-refractivity contribution in [2.75, 3.05) is 33.0 Å². The minimum absolute atomic E-state index is 0.0488. The van der Waals surface area contributed by atoms with E-state index in [9.17, 15) is 14.9 Å². The minimum atomic E-state index is -0.436. The monoisotopic (exact) mass is 635 g/mol. The minimum Gasteiger partial charge on any atom is -0.497 e. The van der Waals surface area contributed by atoms with E-state index in [0.29, 0.717) is 25.1 Å². The number of hydrogen-bond acceptors (Lipinski definition) is 8. The van der Waals surface area contributed by atoms with Crippen molar-refractivity contribution in [2.24, 2.45) is 11.0 Å². The van der Waals surface area contributed by atoms with Gasteiger partial charge in [0.15, 0.2) is 0 Å². The number of carbonyl (C=O) groups is 1. The molecule has 1 saturated carbocycles. The molecule has 2 N–H and O–H groups in total. The van der Waals surface area contributed by atoms with E-state index in [0.717, 1.165) is 64.3 Å². The Labute approximate surface area is 275 Å². The van der Waals surface area contributed by atoms with Gasteiger partial charge in [-0.2, -0.15) is 5.10 Å². The number of benzene rings is 3. The Hall–Kier alpha value is -4.96. The number of methoxy groups -OCH3 is 2. The number of anilines is 1. The van der Waals surface area contributed by atoms with E-state index in [1.807, 2.05) is 61.5 Å². The van der Waals surface area contributed by atoms with Gasteiger partial charge in [0.2, 0.25) is 0 Å². The molecule has 3 aliphatic rings. The van der Waals surface area contributed by atoms with E-state index in [-0.39, 0.29) is 29.2 Å². The van der Waals surface area contributed by atoms with Crippen LogP contribution >= 0.6 is 0 Å². The SMILES string of the molecule is COc1ccc(/C=C2\CCCC3C2=NN(C(=O)C(C)N2CC=C(c4cc(C)c(N)c([N+](=O)[O-])c4)CC2)C3c2ccc(OC)cc2)cc1. The molecule has 10 heteroatoms. The zero-order chi connectivity index (χ0) is 33.2. The first-order chi connectivity index (χ1) is 22.7. The number of amides is 1. The van der Waals surface area contributed by atoms with Gasteiger partial charge >= 0.3 is 0 Å². The highest BCUT2D eigenvalue weighted by Crippen LogP contribution is 2.45. The van der Waals surface area contributed by atoms with Crippen LogP contribution in [0.2, 0.25) is 0 Å². The summed E-state index contributed by atoms with van der Waals surface area (Å²) >= 11 is 0. The highest BCUT2D eigenvalue weighted by Gasteiger charge is 2.45. The molecule has 1 amide bonds. The average molecular weight is 636 g/mol. The van der Waals surface area contributed by atoms with Crippen molar-refractivity contribution in [3.63, 3.8) is 0 Å². The smallest absolute Gasteiger partial charge is 0.292 e. The Balaban J connectivity index is 1.28. The van der Waals surface area contributed by atoms with Crippen LogP contribution in [0.15, 0.2) is 77.4 Å². The highest BCUT2D eigenvalue weighted by molar-refractivity contribution is 6.08. The molecule has 2 aliphatic heterocycles. The second kappa shape index (κ2) is 13.4. The number of rotatable bonds is 8. The summed E-state index contributed by atoms with van der Waals surface area (Å²) < 4.78 is 10.8. The molecule has 3 aromatic carbocycles. The summed E-state index contributed by atoms with van der Waals surface area (Å²) in [5.74, 6) is 1.60. The van der Waals surface area contributed by atoms with Crippen LogP contribution in [0.4, 0.5) is 11.4 Å². The number of nitro benzene ring substituents is 1. The van der Waals surface area contributed by atoms with Crippen LogP contribution in [0.1, 0.15) is 60.9 Å². The summed E-state index contributed by atoms with van der Waals surface area (Å²) in [7, 11) is 3.31. The molecule has 2 heterocycles. The first-order valence-electron chi connectivity index (χ1n) is 16.1. The van der Waals surface area contributed by atoms with Crippen LogP contribution in [0, 0.1) is 23.0 Å². The van der Waals surface area contributed by atoms with Gasteiger partial charge in [0.05, 0.1) is 36.9 Å². The van der Waals surface area contributed by atoms with Crippen LogP contribution in [-0.2, 0) is 4.79 Å². The molecular weight excluding hydrogens is 594 g/mol. The maximum absolute atomic E-state index is 14.4. The molecule has 0 spiro atoms. The zero-order valence-electron chi connectivity index (χ0n) is 27.3. The number of fused-ring (bicyclic) bond motifs is 1. The van der Waals surface area contributed by atoms with E-state index in [1.165, 1.54) is 0 Å². The summed E-state index contributed by atoms with van der Waals surface area (Å²) in [6.07, 6.45) is 7.76. The van der Waals surface area contributed by atoms with Crippen LogP contribution in [0.25, 0.3) is 11.6 Å². The Morgan fingerprint density at radius 2 is 1.74 bits per heavy atom. The topological polar surface area (TPSA) is 124 Å². The third-order valence-corrected chi connectivity index (χ3v) is 9.72. The summed E-state index contributed by atoms with van der Waals surface area (Å²) in [6, 6.07) is 18.8. The molecule has 3 aromatic rings.